The van der Waals surface area contributed by atoms with E-state index in [1.165, 1.54) is 17.4 Å². The van der Waals surface area contributed by atoms with Crippen molar-refractivity contribution in [2.75, 3.05) is 0 Å². The van der Waals surface area contributed by atoms with Crippen molar-refractivity contribution >= 4 is 12.4 Å². The van der Waals surface area contributed by atoms with Crippen LogP contribution in [-0.4, -0.2) is 38.0 Å². The Labute approximate surface area is 93.5 Å². The van der Waals surface area contributed by atoms with E-state index in [0.29, 0.717) is 12.1 Å². The number of hydrogen-bond acceptors (Lipinski definition) is 3. The lowest BCUT2D eigenvalue weighted by atomic mass is 10.1. The van der Waals surface area contributed by atoms with E-state index >= 15 is 0 Å². The molecular weight excluding hydrogens is 210 g/mol. The Morgan fingerprint density at radius 1 is 1.62 bits per heavy atom. The molecule has 0 aromatic carbocycles. The average molecular weight is 225 g/mol. The maximum absolute atomic E-state index is 11.2. The number of nitrogens with zero attached hydrogens (tertiary/aromatic N) is 3. The summed E-state index contributed by atoms with van der Waals surface area (Å²) in [5.74, 6) is -1.07. The van der Waals surface area contributed by atoms with Gasteiger partial charge >= 0.3 is 5.97 Å². The molecule has 16 heavy (non-hydrogen) atoms. The molecule has 0 aliphatic heterocycles. The Morgan fingerprint density at radius 2 is 2.25 bits per heavy atom. The SMILES string of the molecule is CC(C)N(C=O)C(C(=O)O)c1cncn1C. The van der Waals surface area contributed by atoms with E-state index in [1.807, 2.05) is 0 Å². The minimum absolute atomic E-state index is 0.187. The van der Waals surface area contributed by atoms with Gasteiger partial charge in [-0.3, -0.25) is 4.79 Å². The van der Waals surface area contributed by atoms with Crippen LogP contribution in [0.2, 0.25) is 0 Å². The third-order valence-corrected chi connectivity index (χ3v) is 2.38. The van der Waals surface area contributed by atoms with Crippen molar-refractivity contribution in [3.63, 3.8) is 0 Å². The number of carboxylic acid groups (broad SMARTS) is 1. The lowest BCUT2D eigenvalue weighted by Gasteiger charge is -2.28. The molecule has 0 aliphatic rings. The molecular formula is C10H15N3O3. The van der Waals surface area contributed by atoms with Crippen molar-refractivity contribution in [2.45, 2.75) is 25.9 Å². The molecule has 6 nitrogen and oxygen atoms in total. The molecule has 6 heteroatoms. The highest BCUT2D eigenvalue weighted by atomic mass is 16.4. The van der Waals surface area contributed by atoms with Crippen molar-refractivity contribution in [2.24, 2.45) is 7.05 Å². The molecule has 1 atom stereocenters. The van der Waals surface area contributed by atoms with E-state index in [0.717, 1.165) is 0 Å². The monoisotopic (exact) mass is 225 g/mol. The summed E-state index contributed by atoms with van der Waals surface area (Å²) in [4.78, 5) is 27.3. The molecule has 0 radical (unpaired) electrons. The summed E-state index contributed by atoms with van der Waals surface area (Å²) >= 11 is 0. The van der Waals surface area contributed by atoms with Gasteiger partial charge in [-0.25, -0.2) is 9.78 Å². The molecule has 0 spiro atoms. The zero-order valence-electron chi connectivity index (χ0n) is 9.49. The van der Waals surface area contributed by atoms with Crippen molar-refractivity contribution < 1.29 is 14.7 Å². The van der Waals surface area contributed by atoms with Crippen LogP contribution >= 0.6 is 0 Å². The van der Waals surface area contributed by atoms with E-state index in [9.17, 15) is 14.7 Å². The van der Waals surface area contributed by atoms with Gasteiger partial charge in [0.15, 0.2) is 6.04 Å². The van der Waals surface area contributed by atoms with Gasteiger partial charge in [0.25, 0.3) is 0 Å². The highest BCUT2D eigenvalue weighted by molar-refractivity contribution is 5.77. The Kier molecular flexibility index (Phi) is 3.65. The number of imidazole rings is 1. The molecule has 1 N–H and O–H groups in total. The smallest absolute Gasteiger partial charge is 0.332 e. The number of carbonyl (C=O) groups excluding carboxylic acids is 1. The van der Waals surface area contributed by atoms with Crippen molar-refractivity contribution in [3.05, 3.63) is 18.2 Å². The number of aromatic nitrogens is 2. The van der Waals surface area contributed by atoms with Gasteiger partial charge in [0.1, 0.15) is 0 Å². The lowest BCUT2D eigenvalue weighted by Crippen LogP contribution is -2.38. The summed E-state index contributed by atoms with van der Waals surface area (Å²) < 4.78 is 1.59. The fraction of sp³-hybridized carbons (Fsp3) is 0.500. The second-order valence-electron chi connectivity index (χ2n) is 3.82. The third kappa shape index (κ3) is 2.21. The van der Waals surface area contributed by atoms with Crippen molar-refractivity contribution in [1.29, 1.82) is 0 Å². The van der Waals surface area contributed by atoms with Gasteiger partial charge < -0.3 is 14.6 Å². The number of rotatable bonds is 5. The van der Waals surface area contributed by atoms with Crippen LogP contribution in [0.5, 0.6) is 0 Å². The van der Waals surface area contributed by atoms with Gasteiger partial charge in [-0.15, -0.1) is 0 Å². The quantitative estimate of drug-likeness (QED) is 0.736. The number of aryl methyl sites for hydroxylation is 1. The summed E-state index contributed by atoms with van der Waals surface area (Å²) in [7, 11) is 1.70. The van der Waals surface area contributed by atoms with Crippen LogP contribution in [0.1, 0.15) is 25.6 Å². The van der Waals surface area contributed by atoms with E-state index in [-0.39, 0.29) is 6.04 Å². The second-order valence-corrected chi connectivity index (χ2v) is 3.82. The van der Waals surface area contributed by atoms with Crippen LogP contribution < -0.4 is 0 Å². The van der Waals surface area contributed by atoms with E-state index in [4.69, 9.17) is 0 Å². The number of carbonyl (C=O) groups is 2. The average Bonchev–Trinajstić information content (AvgIpc) is 2.59. The molecule has 0 saturated carbocycles. The van der Waals surface area contributed by atoms with Gasteiger partial charge in [-0.2, -0.15) is 0 Å². The zero-order chi connectivity index (χ0) is 12.3. The number of hydrogen-bond donors (Lipinski definition) is 1. The first-order valence-electron chi connectivity index (χ1n) is 4.90. The highest BCUT2D eigenvalue weighted by Crippen LogP contribution is 2.21. The maximum Gasteiger partial charge on any atom is 0.332 e. The Balaban J connectivity index is 3.14. The highest BCUT2D eigenvalue weighted by Gasteiger charge is 2.30. The molecule has 1 heterocycles. The number of carboxylic acids is 1. The van der Waals surface area contributed by atoms with E-state index in [1.54, 1.807) is 25.5 Å². The lowest BCUT2D eigenvalue weighted by molar-refractivity contribution is -0.148. The summed E-state index contributed by atoms with van der Waals surface area (Å²) in [6, 6.07) is -1.18. The van der Waals surface area contributed by atoms with Crippen LogP contribution in [0.4, 0.5) is 0 Å². The Hall–Kier alpha value is -1.85. The van der Waals surface area contributed by atoms with Gasteiger partial charge in [-0.05, 0) is 13.8 Å². The van der Waals surface area contributed by atoms with Crippen LogP contribution in [0, 0.1) is 0 Å². The largest absolute Gasteiger partial charge is 0.479 e. The third-order valence-electron chi connectivity index (χ3n) is 2.38. The van der Waals surface area contributed by atoms with Gasteiger partial charge in [0.2, 0.25) is 6.41 Å². The Bertz CT molecular complexity index is 386. The molecule has 1 rings (SSSR count). The molecule has 1 aromatic rings. The fourth-order valence-corrected chi connectivity index (χ4v) is 1.52. The Morgan fingerprint density at radius 3 is 2.56 bits per heavy atom. The number of aliphatic carboxylic acids is 1. The van der Waals surface area contributed by atoms with Crippen LogP contribution in [-0.2, 0) is 16.6 Å². The molecule has 1 unspecified atom stereocenters. The summed E-state index contributed by atoms with van der Waals surface area (Å²) in [6.45, 7) is 3.53. The van der Waals surface area contributed by atoms with Crippen molar-refractivity contribution in [3.8, 4) is 0 Å². The van der Waals surface area contributed by atoms with Gasteiger partial charge in [0.05, 0.1) is 18.2 Å². The molecule has 1 aromatic heterocycles. The first-order chi connectivity index (χ1) is 7.49. The topological polar surface area (TPSA) is 75.4 Å². The van der Waals surface area contributed by atoms with Crippen LogP contribution in [0.15, 0.2) is 12.5 Å². The van der Waals surface area contributed by atoms with Crippen LogP contribution in [0.25, 0.3) is 0 Å². The maximum atomic E-state index is 11.2. The van der Waals surface area contributed by atoms with E-state index < -0.39 is 12.0 Å². The minimum Gasteiger partial charge on any atom is -0.479 e. The minimum atomic E-state index is -1.07. The summed E-state index contributed by atoms with van der Waals surface area (Å²) in [5.41, 5.74) is 0.480. The summed E-state index contributed by atoms with van der Waals surface area (Å²) in [5, 5.41) is 9.18. The number of amides is 1. The molecule has 0 fully saturated rings. The molecule has 0 bridgehead atoms. The predicted molar refractivity (Wildman–Crippen MR) is 56.6 cm³/mol. The molecule has 0 saturated heterocycles. The molecule has 88 valence electrons. The fourth-order valence-electron chi connectivity index (χ4n) is 1.52. The summed E-state index contributed by atoms with van der Waals surface area (Å²) in [6.07, 6.45) is 3.52. The van der Waals surface area contributed by atoms with Gasteiger partial charge in [0, 0.05) is 13.1 Å². The van der Waals surface area contributed by atoms with Gasteiger partial charge in [-0.1, -0.05) is 0 Å². The first-order valence-corrected chi connectivity index (χ1v) is 4.90. The van der Waals surface area contributed by atoms with Crippen LogP contribution in [0.3, 0.4) is 0 Å². The molecule has 1 amide bonds. The molecule has 0 aliphatic carbocycles. The van der Waals surface area contributed by atoms with E-state index in [2.05, 4.69) is 4.98 Å². The predicted octanol–water partition coefficient (Wildman–Crippen LogP) is 0.413. The van der Waals surface area contributed by atoms with Crippen molar-refractivity contribution in [1.82, 2.24) is 14.5 Å². The normalized spacial score (nSPS) is 12.5. The second kappa shape index (κ2) is 4.78. The standard InChI is InChI=1S/C10H15N3O3/c1-7(2)13(6-14)9(10(15)16)8-4-11-5-12(8)3/h4-7,9H,1-3H3,(H,15,16). The first kappa shape index (κ1) is 12.2. The zero-order valence-corrected chi connectivity index (χ0v) is 9.49.